The summed E-state index contributed by atoms with van der Waals surface area (Å²) in [5.41, 5.74) is 2.52. The molecule has 0 radical (unpaired) electrons. The van der Waals surface area contributed by atoms with Crippen LogP contribution in [0.1, 0.15) is 22.6 Å². The van der Waals surface area contributed by atoms with E-state index in [1.807, 2.05) is 24.3 Å². The second-order valence-corrected chi connectivity index (χ2v) is 7.59. The molecule has 1 atom stereocenters. The molecule has 4 nitrogen and oxygen atoms in total. The number of nitro groups is 1. The number of aromatic amines is 1. The largest absolute Gasteiger partial charge is 0.416 e. The Kier molecular flexibility index (Phi) is 5.45. The zero-order valence-electron chi connectivity index (χ0n) is 16.0. The summed E-state index contributed by atoms with van der Waals surface area (Å²) in [6, 6.07) is 18.9. The Hall–Kier alpha value is -3.32. The highest BCUT2D eigenvalue weighted by Gasteiger charge is 2.32. The lowest BCUT2D eigenvalue weighted by Crippen LogP contribution is -2.15. The van der Waals surface area contributed by atoms with Gasteiger partial charge in [0.15, 0.2) is 0 Å². The van der Waals surface area contributed by atoms with Crippen LogP contribution < -0.4 is 0 Å². The number of fused-ring (bicyclic) bond motifs is 1. The van der Waals surface area contributed by atoms with Crippen LogP contribution in [0.2, 0.25) is 5.02 Å². The number of benzene rings is 3. The van der Waals surface area contributed by atoms with Crippen molar-refractivity contribution in [3.05, 3.63) is 105 Å². The number of halogens is 4. The van der Waals surface area contributed by atoms with Crippen molar-refractivity contribution in [3.63, 3.8) is 0 Å². The fourth-order valence-electron chi connectivity index (χ4n) is 3.79. The third-order valence-electron chi connectivity index (χ3n) is 5.20. The maximum atomic E-state index is 13.0. The molecule has 4 aromatic rings. The first-order chi connectivity index (χ1) is 14.7. The van der Waals surface area contributed by atoms with Crippen molar-refractivity contribution >= 4 is 22.5 Å². The van der Waals surface area contributed by atoms with Crippen LogP contribution in [0.4, 0.5) is 13.2 Å². The average Bonchev–Trinajstić information content (AvgIpc) is 3.11. The third-order valence-corrected chi connectivity index (χ3v) is 5.45. The molecule has 1 aromatic heterocycles. The summed E-state index contributed by atoms with van der Waals surface area (Å²) in [4.78, 5) is 14.4. The number of alkyl halides is 3. The lowest BCUT2D eigenvalue weighted by Gasteiger charge is -2.17. The molecule has 1 N–H and O–H groups in total. The van der Waals surface area contributed by atoms with Gasteiger partial charge < -0.3 is 4.98 Å². The Morgan fingerprint density at radius 3 is 2.23 bits per heavy atom. The highest BCUT2D eigenvalue weighted by atomic mass is 35.5. The van der Waals surface area contributed by atoms with Crippen molar-refractivity contribution in [1.82, 2.24) is 4.98 Å². The van der Waals surface area contributed by atoms with Crippen molar-refractivity contribution in [2.45, 2.75) is 12.1 Å². The molecule has 4 rings (SSSR count). The van der Waals surface area contributed by atoms with Crippen molar-refractivity contribution in [2.24, 2.45) is 0 Å². The molecule has 3 aromatic carbocycles. The predicted molar refractivity (Wildman–Crippen MR) is 114 cm³/mol. The number of nitrogens with one attached hydrogen (secondary N) is 1. The zero-order chi connectivity index (χ0) is 22.2. The van der Waals surface area contributed by atoms with E-state index in [1.54, 1.807) is 24.3 Å². The number of nitrogens with zero attached hydrogens (tertiary/aromatic N) is 1. The molecule has 0 aliphatic rings. The summed E-state index contributed by atoms with van der Waals surface area (Å²) < 4.78 is 39.0. The van der Waals surface area contributed by atoms with E-state index in [0.29, 0.717) is 21.8 Å². The first-order valence-corrected chi connectivity index (χ1v) is 9.77. The maximum Gasteiger partial charge on any atom is 0.416 e. The van der Waals surface area contributed by atoms with Crippen LogP contribution >= 0.6 is 11.6 Å². The van der Waals surface area contributed by atoms with E-state index >= 15 is 0 Å². The fraction of sp³-hybridized carbons (Fsp3) is 0.130. The molecule has 0 aliphatic heterocycles. The zero-order valence-corrected chi connectivity index (χ0v) is 16.7. The van der Waals surface area contributed by atoms with Crippen LogP contribution in [-0.2, 0) is 6.18 Å². The summed E-state index contributed by atoms with van der Waals surface area (Å²) in [5, 5.41) is 12.9. The van der Waals surface area contributed by atoms with Gasteiger partial charge in [-0.3, -0.25) is 10.1 Å². The Bertz CT molecular complexity index is 1230. The minimum absolute atomic E-state index is 0.435. The van der Waals surface area contributed by atoms with Gasteiger partial charge >= 0.3 is 6.18 Å². The van der Waals surface area contributed by atoms with Gasteiger partial charge in [-0.15, -0.1) is 0 Å². The SMILES string of the molecule is O=[N+]([O-])C[C@H](c1ccc(C(F)(F)F)cc1)c1c(-c2ccc(Cl)cc2)[nH]c2ccccc12. The quantitative estimate of drug-likeness (QED) is 0.268. The summed E-state index contributed by atoms with van der Waals surface area (Å²) in [6.07, 6.45) is -4.48. The number of aromatic nitrogens is 1. The molecule has 0 bridgehead atoms. The molecule has 0 fully saturated rings. The van der Waals surface area contributed by atoms with Crippen LogP contribution in [0.25, 0.3) is 22.2 Å². The summed E-state index contributed by atoms with van der Waals surface area (Å²) in [6.45, 7) is -0.464. The van der Waals surface area contributed by atoms with Gasteiger partial charge in [0.2, 0.25) is 6.54 Å². The molecule has 31 heavy (non-hydrogen) atoms. The maximum absolute atomic E-state index is 13.0. The average molecular weight is 445 g/mol. The van der Waals surface area contributed by atoms with Gasteiger partial charge in [-0.2, -0.15) is 13.2 Å². The third kappa shape index (κ3) is 4.27. The monoisotopic (exact) mass is 444 g/mol. The standard InChI is InChI=1S/C23H16ClF3N2O2/c24-17-11-7-15(8-12-17)22-21(18-3-1-2-4-20(18)28-22)19(13-29(30)31)14-5-9-16(10-6-14)23(25,26)27/h1-12,19,28H,13H2/t19-/m1/s1. The Morgan fingerprint density at radius 1 is 0.968 bits per heavy atom. The van der Waals surface area contributed by atoms with E-state index in [9.17, 15) is 23.3 Å². The summed E-state index contributed by atoms with van der Waals surface area (Å²) in [7, 11) is 0. The van der Waals surface area contributed by atoms with Gasteiger partial charge in [-0.25, -0.2) is 0 Å². The predicted octanol–water partition coefficient (Wildman–Crippen LogP) is 6.92. The molecule has 8 heteroatoms. The molecule has 0 unspecified atom stereocenters. The lowest BCUT2D eigenvalue weighted by atomic mass is 9.87. The van der Waals surface area contributed by atoms with Crippen LogP contribution in [0.3, 0.4) is 0 Å². The van der Waals surface area contributed by atoms with Crippen molar-refractivity contribution in [2.75, 3.05) is 6.54 Å². The second kappa shape index (κ2) is 8.07. The van der Waals surface area contributed by atoms with Gasteiger partial charge in [-0.1, -0.05) is 54.1 Å². The van der Waals surface area contributed by atoms with Crippen LogP contribution in [0.5, 0.6) is 0 Å². The smallest absolute Gasteiger partial charge is 0.354 e. The normalized spacial score (nSPS) is 12.8. The van der Waals surface area contributed by atoms with Crippen LogP contribution in [0, 0.1) is 10.1 Å². The number of rotatable bonds is 5. The molecule has 0 saturated heterocycles. The molecule has 158 valence electrons. The highest BCUT2D eigenvalue weighted by Crippen LogP contribution is 2.40. The molecule has 0 spiro atoms. The molecular weight excluding hydrogens is 429 g/mol. The van der Waals surface area contributed by atoms with E-state index in [-0.39, 0.29) is 0 Å². The van der Waals surface area contributed by atoms with Crippen molar-refractivity contribution in [1.29, 1.82) is 0 Å². The van der Waals surface area contributed by atoms with Crippen molar-refractivity contribution < 1.29 is 18.1 Å². The molecule has 0 aliphatic carbocycles. The Morgan fingerprint density at radius 2 is 1.61 bits per heavy atom. The van der Waals surface area contributed by atoms with Gasteiger partial charge in [0, 0.05) is 20.8 Å². The first kappa shape index (κ1) is 20.9. The van der Waals surface area contributed by atoms with E-state index in [1.165, 1.54) is 12.1 Å². The lowest BCUT2D eigenvalue weighted by molar-refractivity contribution is -0.481. The number of para-hydroxylation sites is 1. The fourth-order valence-corrected chi connectivity index (χ4v) is 3.91. The minimum atomic E-state index is -4.48. The van der Waals surface area contributed by atoms with Crippen molar-refractivity contribution in [3.8, 4) is 11.3 Å². The Labute approximate surface area is 180 Å². The summed E-state index contributed by atoms with van der Waals surface area (Å²) in [5.74, 6) is -0.751. The van der Waals surface area contributed by atoms with E-state index in [2.05, 4.69) is 4.98 Å². The van der Waals surface area contributed by atoms with E-state index < -0.39 is 29.1 Å². The molecule has 0 saturated carbocycles. The second-order valence-electron chi connectivity index (χ2n) is 7.15. The topological polar surface area (TPSA) is 58.9 Å². The van der Waals surface area contributed by atoms with Crippen LogP contribution in [0.15, 0.2) is 72.8 Å². The minimum Gasteiger partial charge on any atom is -0.354 e. The first-order valence-electron chi connectivity index (χ1n) is 9.39. The molecule has 1 heterocycles. The highest BCUT2D eigenvalue weighted by molar-refractivity contribution is 6.30. The number of H-pyrrole nitrogens is 1. The van der Waals surface area contributed by atoms with Crippen LogP contribution in [-0.4, -0.2) is 16.5 Å². The van der Waals surface area contributed by atoms with Gasteiger partial charge in [0.25, 0.3) is 0 Å². The number of hydrogen-bond donors (Lipinski definition) is 1. The van der Waals surface area contributed by atoms with Gasteiger partial charge in [0.1, 0.15) is 0 Å². The summed E-state index contributed by atoms with van der Waals surface area (Å²) >= 11 is 6.01. The Balaban J connectivity index is 1.92. The molecule has 0 amide bonds. The van der Waals surface area contributed by atoms with E-state index in [0.717, 1.165) is 28.6 Å². The van der Waals surface area contributed by atoms with Gasteiger partial charge in [0.05, 0.1) is 17.2 Å². The van der Waals surface area contributed by atoms with E-state index in [4.69, 9.17) is 11.6 Å². The van der Waals surface area contributed by atoms with Gasteiger partial charge in [-0.05, 0) is 47.0 Å². The number of hydrogen-bond acceptors (Lipinski definition) is 2. The molecular formula is C23H16ClF3N2O2.